The Hall–Kier alpha value is 1.13. The summed E-state index contributed by atoms with van der Waals surface area (Å²) < 4.78 is 0.667. The van der Waals surface area contributed by atoms with Gasteiger partial charge in [0.1, 0.15) is 0 Å². The lowest BCUT2D eigenvalue weighted by atomic mass is 10.6. The summed E-state index contributed by atoms with van der Waals surface area (Å²) in [5.74, 6) is 0. The predicted octanol–water partition coefficient (Wildman–Crippen LogP) is 3.43. The van der Waals surface area contributed by atoms with Crippen LogP contribution >= 0.6 is 32.8 Å². The quantitative estimate of drug-likeness (QED) is 0.499. The van der Waals surface area contributed by atoms with Gasteiger partial charge in [0.2, 0.25) is 0 Å². The van der Waals surface area contributed by atoms with Gasteiger partial charge in [0, 0.05) is 10.5 Å². The van der Waals surface area contributed by atoms with Gasteiger partial charge in [-0.15, -0.1) is 32.8 Å². The molecule has 0 nitrogen and oxygen atoms in total. The third-order valence-corrected chi connectivity index (χ3v) is 4.05. The van der Waals surface area contributed by atoms with Crippen molar-refractivity contribution in [3.63, 3.8) is 0 Å². The highest BCUT2D eigenvalue weighted by Gasteiger charge is 2.07. The van der Waals surface area contributed by atoms with Crippen LogP contribution in [0, 0.1) is 0 Å². The van der Waals surface area contributed by atoms with Gasteiger partial charge in [0.05, 0.1) is 4.32 Å². The number of hydrogen-bond donors (Lipinski definition) is 0. The minimum atomic E-state index is 0.667. The normalized spacial score (nSPS) is 12.0. The van der Waals surface area contributed by atoms with E-state index in [2.05, 4.69) is 36.9 Å². The maximum Gasteiger partial charge on any atom is 0.0644 e. The molecule has 0 radical (unpaired) electrons. The predicted molar refractivity (Wildman–Crippen MR) is 59.0 cm³/mol. The summed E-state index contributed by atoms with van der Waals surface area (Å²) in [7, 11) is 2.87. The average molecular weight is 196 g/mol. The Morgan fingerprint density at radius 1 is 0.900 bits per heavy atom. The summed E-state index contributed by atoms with van der Waals surface area (Å²) >= 11 is 4.02. The molecule has 0 N–H and O–H groups in total. The van der Waals surface area contributed by atoms with Crippen LogP contribution in [0.5, 0.6) is 0 Å². The summed E-state index contributed by atoms with van der Waals surface area (Å²) in [6.45, 7) is 8.95. The minimum Gasteiger partial charge on any atom is -0.141 e. The molecule has 0 aromatic heterocycles. The van der Waals surface area contributed by atoms with E-state index >= 15 is 0 Å². The van der Waals surface area contributed by atoms with Crippen molar-refractivity contribution in [1.29, 1.82) is 0 Å². The van der Waals surface area contributed by atoms with Gasteiger partial charge in [-0.3, -0.25) is 0 Å². The lowest BCUT2D eigenvalue weighted by molar-refractivity contribution is 1.11. The molecular weight excluding hydrogens is 179 g/mol. The highest BCUT2D eigenvalue weighted by Crippen LogP contribution is 2.34. The number of thioether (sulfide) groups is 2. The van der Waals surface area contributed by atoms with E-state index in [0.717, 1.165) is 10.5 Å². The zero-order chi connectivity index (χ0) is 8.15. The fraction of sp³-hybridized carbons (Fsp3) is 1.00. The second-order valence-corrected chi connectivity index (χ2v) is 8.12. The zero-order valence-corrected chi connectivity index (χ0v) is 9.91. The molecule has 1 unspecified atom stereocenters. The molecule has 0 aliphatic heterocycles. The summed E-state index contributed by atoms with van der Waals surface area (Å²) in [6.07, 6.45) is 0. The van der Waals surface area contributed by atoms with Crippen molar-refractivity contribution in [1.82, 2.24) is 0 Å². The van der Waals surface area contributed by atoms with E-state index in [1.54, 1.807) is 0 Å². The van der Waals surface area contributed by atoms with E-state index in [1.165, 1.54) is 0 Å². The molecule has 0 fully saturated rings. The second kappa shape index (κ2) is 5.74. The molecule has 0 bridgehead atoms. The molecule has 0 aromatic carbocycles. The highest BCUT2D eigenvalue weighted by molar-refractivity contribution is 8.21. The van der Waals surface area contributed by atoms with Crippen LogP contribution in [0.15, 0.2) is 0 Å². The molecule has 0 rings (SSSR count). The third kappa shape index (κ3) is 7.24. The van der Waals surface area contributed by atoms with E-state index in [0.29, 0.717) is 4.32 Å². The van der Waals surface area contributed by atoms with Gasteiger partial charge in [0.15, 0.2) is 0 Å². The molecule has 1 atom stereocenters. The molecule has 0 aliphatic rings. The first kappa shape index (κ1) is 11.1. The smallest absolute Gasteiger partial charge is 0.0644 e. The second-order valence-electron chi connectivity index (χ2n) is 2.74. The fourth-order valence-corrected chi connectivity index (χ4v) is 5.12. The summed E-state index contributed by atoms with van der Waals surface area (Å²) in [6, 6.07) is 0. The first-order chi connectivity index (χ1) is 4.52. The summed E-state index contributed by atoms with van der Waals surface area (Å²) in [5, 5.41) is 1.49. The molecule has 0 aliphatic carbocycles. The zero-order valence-electron chi connectivity index (χ0n) is 7.13. The van der Waals surface area contributed by atoms with Crippen LogP contribution in [-0.4, -0.2) is 14.8 Å². The van der Waals surface area contributed by atoms with Gasteiger partial charge in [-0.05, 0) is 0 Å². The van der Waals surface area contributed by atoms with E-state index in [-0.39, 0.29) is 0 Å². The Labute approximate surface area is 75.5 Å². The lowest BCUT2D eigenvalue weighted by Gasteiger charge is -2.14. The van der Waals surface area contributed by atoms with Crippen molar-refractivity contribution in [2.24, 2.45) is 0 Å². The van der Waals surface area contributed by atoms with Crippen molar-refractivity contribution in [2.75, 3.05) is 0 Å². The number of rotatable bonds is 4. The van der Waals surface area contributed by atoms with E-state index < -0.39 is 0 Å². The first-order valence-electron chi connectivity index (χ1n) is 3.59. The molecule has 0 spiro atoms. The topological polar surface area (TPSA) is 0 Å². The minimum absolute atomic E-state index is 0.667. The molecule has 0 saturated heterocycles. The highest BCUT2D eigenvalue weighted by atomic mass is 32.2. The molecule has 3 heteroatoms. The van der Waals surface area contributed by atoms with Crippen molar-refractivity contribution >= 4 is 32.8 Å². The molecule has 10 heavy (non-hydrogen) atoms. The van der Waals surface area contributed by atoms with Crippen LogP contribution < -0.4 is 0 Å². The van der Waals surface area contributed by atoms with Crippen molar-refractivity contribution < 1.29 is 0 Å². The fourth-order valence-electron chi connectivity index (χ4n) is 0.569. The molecule has 62 valence electrons. The SMILES string of the molecule is CC(C)SC(P)SC(C)C. The average Bonchev–Trinajstić information content (AvgIpc) is 1.58. The Bertz CT molecular complexity index is 73.7. The molecule has 0 amide bonds. The standard InChI is InChI=1S/C7H17PS2/c1-5(2)9-7(8)10-6(3)4/h5-7H,8H2,1-4H3. The summed E-state index contributed by atoms with van der Waals surface area (Å²) in [4.78, 5) is 0. The Morgan fingerprint density at radius 3 is 1.40 bits per heavy atom. The lowest BCUT2D eigenvalue weighted by Crippen LogP contribution is -1.97. The largest absolute Gasteiger partial charge is 0.141 e. The molecule has 0 saturated carbocycles. The van der Waals surface area contributed by atoms with Crippen LogP contribution in [0.25, 0.3) is 0 Å². The van der Waals surface area contributed by atoms with Crippen molar-refractivity contribution in [2.45, 2.75) is 42.5 Å². The van der Waals surface area contributed by atoms with Crippen LogP contribution in [0.3, 0.4) is 0 Å². The number of hydrogen-bond acceptors (Lipinski definition) is 2. The van der Waals surface area contributed by atoms with Gasteiger partial charge in [-0.2, -0.15) is 0 Å². The van der Waals surface area contributed by atoms with Crippen LogP contribution in [0.2, 0.25) is 0 Å². The molecule has 0 aromatic rings. The van der Waals surface area contributed by atoms with Crippen molar-refractivity contribution in [3.05, 3.63) is 0 Å². The molecular formula is C7H17PS2. The Kier molecular flexibility index (Phi) is 6.39. The van der Waals surface area contributed by atoms with Crippen molar-refractivity contribution in [3.8, 4) is 0 Å². The summed E-state index contributed by atoms with van der Waals surface area (Å²) in [5.41, 5.74) is 0. The monoisotopic (exact) mass is 196 g/mol. The Balaban J connectivity index is 3.34. The molecule has 0 heterocycles. The maximum absolute atomic E-state index is 2.87. The Morgan fingerprint density at radius 2 is 1.20 bits per heavy atom. The van der Waals surface area contributed by atoms with E-state index in [9.17, 15) is 0 Å². The van der Waals surface area contributed by atoms with Gasteiger partial charge in [0.25, 0.3) is 0 Å². The van der Waals surface area contributed by atoms with E-state index in [1.807, 2.05) is 23.5 Å². The van der Waals surface area contributed by atoms with Gasteiger partial charge >= 0.3 is 0 Å². The maximum atomic E-state index is 2.87. The van der Waals surface area contributed by atoms with Crippen LogP contribution in [0.1, 0.15) is 27.7 Å². The first-order valence-corrected chi connectivity index (χ1v) is 6.14. The third-order valence-electron chi connectivity index (χ3n) is 0.813. The van der Waals surface area contributed by atoms with Crippen LogP contribution in [0.4, 0.5) is 0 Å². The van der Waals surface area contributed by atoms with Crippen LogP contribution in [-0.2, 0) is 0 Å². The van der Waals surface area contributed by atoms with E-state index in [4.69, 9.17) is 0 Å². The van der Waals surface area contributed by atoms with Gasteiger partial charge < -0.3 is 0 Å². The van der Waals surface area contributed by atoms with Gasteiger partial charge in [-0.1, -0.05) is 27.7 Å². The van der Waals surface area contributed by atoms with Gasteiger partial charge in [-0.25, -0.2) is 0 Å².